The van der Waals surface area contributed by atoms with Gasteiger partial charge in [0.25, 0.3) is 5.91 Å². The van der Waals surface area contributed by atoms with Gasteiger partial charge in [0.15, 0.2) is 0 Å². The maximum absolute atomic E-state index is 12.4. The van der Waals surface area contributed by atoms with Crippen LogP contribution < -0.4 is 5.73 Å². The zero-order chi connectivity index (χ0) is 14.7. The number of benzene rings is 1. The molecule has 0 saturated heterocycles. The number of hydrogen-bond donors (Lipinski definition) is 2. The molecule has 0 aliphatic carbocycles. The van der Waals surface area contributed by atoms with E-state index in [2.05, 4.69) is 18.8 Å². The number of aromatic amines is 1. The Morgan fingerprint density at radius 1 is 1.35 bits per heavy atom. The van der Waals surface area contributed by atoms with Crippen molar-refractivity contribution >= 4 is 16.8 Å². The van der Waals surface area contributed by atoms with Gasteiger partial charge in [0.05, 0.1) is 0 Å². The van der Waals surface area contributed by atoms with Crippen molar-refractivity contribution in [2.75, 3.05) is 13.6 Å². The lowest BCUT2D eigenvalue weighted by molar-refractivity contribution is 0.0789. The van der Waals surface area contributed by atoms with Crippen LogP contribution in [0.15, 0.2) is 30.5 Å². The molecular formula is C16H23N3O. The Labute approximate surface area is 120 Å². The topological polar surface area (TPSA) is 62.1 Å². The van der Waals surface area contributed by atoms with Gasteiger partial charge in [0.2, 0.25) is 0 Å². The molecule has 0 saturated carbocycles. The van der Waals surface area contributed by atoms with Gasteiger partial charge in [0.1, 0.15) is 0 Å². The average Bonchev–Trinajstić information content (AvgIpc) is 2.90. The smallest absolute Gasteiger partial charge is 0.253 e. The maximum Gasteiger partial charge on any atom is 0.253 e. The summed E-state index contributed by atoms with van der Waals surface area (Å²) in [5.41, 5.74) is 7.72. The van der Waals surface area contributed by atoms with Gasteiger partial charge in [-0.05, 0) is 35.9 Å². The predicted molar refractivity (Wildman–Crippen MR) is 82.7 cm³/mol. The van der Waals surface area contributed by atoms with E-state index in [1.807, 2.05) is 37.5 Å². The molecule has 1 atom stereocenters. The highest BCUT2D eigenvalue weighted by molar-refractivity contribution is 5.97. The lowest BCUT2D eigenvalue weighted by Gasteiger charge is -2.21. The highest BCUT2D eigenvalue weighted by atomic mass is 16.2. The fourth-order valence-corrected chi connectivity index (χ4v) is 2.18. The summed E-state index contributed by atoms with van der Waals surface area (Å²) in [6, 6.07) is 7.87. The van der Waals surface area contributed by atoms with Crippen molar-refractivity contribution in [3.8, 4) is 0 Å². The van der Waals surface area contributed by atoms with E-state index in [1.165, 1.54) is 0 Å². The normalized spacial score (nSPS) is 12.8. The van der Waals surface area contributed by atoms with E-state index in [-0.39, 0.29) is 11.9 Å². The summed E-state index contributed by atoms with van der Waals surface area (Å²) in [7, 11) is 1.83. The number of nitrogens with zero attached hydrogens (tertiary/aromatic N) is 1. The Morgan fingerprint density at radius 2 is 2.10 bits per heavy atom. The van der Waals surface area contributed by atoms with Gasteiger partial charge in [-0.15, -0.1) is 0 Å². The molecule has 1 aromatic carbocycles. The molecule has 0 fully saturated rings. The van der Waals surface area contributed by atoms with Gasteiger partial charge in [-0.2, -0.15) is 0 Å². The number of aromatic nitrogens is 1. The first kappa shape index (κ1) is 14.6. The van der Waals surface area contributed by atoms with E-state index in [0.29, 0.717) is 18.0 Å². The van der Waals surface area contributed by atoms with Gasteiger partial charge in [-0.3, -0.25) is 4.79 Å². The summed E-state index contributed by atoms with van der Waals surface area (Å²) in [5, 5.41) is 1.12. The van der Waals surface area contributed by atoms with Gasteiger partial charge >= 0.3 is 0 Å². The third-order valence-corrected chi connectivity index (χ3v) is 3.80. The summed E-state index contributed by atoms with van der Waals surface area (Å²) in [4.78, 5) is 17.2. The first-order chi connectivity index (χ1) is 9.49. The van der Waals surface area contributed by atoms with E-state index >= 15 is 0 Å². The molecule has 0 bridgehead atoms. The molecule has 3 N–H and O–H groups in total. The molecule has 0 radical (unpaired) electrons. The van der Waals surface area contributed by atoms with Gasteiger partial charge in [0, 0.05) is 36.9 Å². The van der Waals surface area contributed by atoms with Crippen molar-refractivity contribution < 1.29 is 4.79 Å². The Kier molecular flexibility index (Phi) is 4.45. The molecule has 4 heteroatoms. The number of nitrogens with one attached hydrogen (secondary N) is 1. The monoisotopic (exact) mass is 273 g/mol. The summed E-state index contributed by atoms with van der Waals surface area (Å²) in [5.74, 6) is 0.478. The van der Waals surface area contributed by atoms with Crippen LogP contribution in [0.25, 0.3) is 10.9 Å². The van der Waals surface area contributed by atoms with E-state index < -0.39 is 0 Å². The summed E-state index contributed by atoms with van der Waals surface area (Å²) >= 11 is 0. The fourth-order valence-electron chi connectivity index (χ4n) is 2.18. The van der Waals surface area contributed by atoms with E-state index in [4.69, 9.17) is 5.73 Å². The van der Waals surface area contributed by atoms with Crippen LogP contribution in [0.5, 0.6) is 0 Å². The first-order valence-electron chi connectivity index (χ1n) is 7.07. The minimum Gasteiger partial charge on any atom is -0.361 e. The Hall–Kier alpha value is -1.81. The van der Waals surface area contributed by atoms with Crippen LogP contribution in [-0.2, 0) is 0 Å². The molecule has 0 spiro atoms. The number of carbonyl (C=O) groups is 1. The molecule has 2 rings (SSSR count). The Balaban J connectivity index is 2.02. The number of carbonyl (C=O) groups excluding carboxylic acids is 1. The van der Waals surface area contributed by atoms with Crippen LogP contribution >= 0.6 is 0 Å². The molecular weight excluding hydrogens is 250 g/mol. The SMILES string of the molecule is CC(C)C(N)CCN(C)C(=O)c1ccc2cc[nH]c2c1. The first-order valence-corrected chi connectivity index (χ1v) is 7.07. The minimum atomic E-state index is 0.0393. The van der Waals surface area contributed by atoms with Crippen molar-refractivity contribution in [1.82, 2.24) is 9.88 Å². The number of hydrogen-bond acceptors (Lipinski definition) is 2. The third kappa shape index (κ3) is 3.20. The summed E-state index contributed by atoms with van der Waals surface area (Å²) < 4.78 is 0. The number of nitrogens with two attached hydrogens (primary N) is 1. The second-order valence-electron chi connectivity index (χ2n) is 5.70. The van der Waals surface area contributed by atoms with E-state index in [0.717, 1.165) is 17.3 Å². The van der Waals surface area contributed by atoms with E-state index in [1.54, 1.807) is 4.90 Å². The quantitative estimate of drug-likeness (QED) is 0.879. The van der Waals surface area contributed by atoms with Crippen LogP contribution in [0.2, 0.25) is 0 Å². The molecule has 0 aliphatic rings. The summed E-state index contributed by atoms with van der Waals surface area (Å²) in [6.07, 6.45) is 2.70. The van der Waals surface area contributed by atoms with Crippen LogP contribution in [0.4, 0.5) is 0 Å². The highest BCUT2D eigenvalue weighted by Crippen LogP contribution is 2.15. The van der Waals surface area contributed by atoms with Crippen molar-refractivity contribution in [1.29, 1.82) is 0 Å². The lowest BCUT2D eigenvalue weighted by Crippen LogP contribution is -2.34. The summed E-state index contributed by atoms with van der Waals surface area (Å²) in [6.45, 7) is 4.89. The molecule has 1 unspecified atom stereocenters. The largest absolute Gasteiger partial charge is 0.361 e. The molecule has 20 heavy (non-hydrogen) atoms. The lowest BCUT2D eigenvalue weighted by atomic mass is 10.0. The Bertz CT molecular complexity index is 588. The average molecular weight is 273 g/mol. The number of rotatable bonds is 5. The van der Waals surface area contributed by atoms with Crippen molar-refractivity contribution in [3.63, 3.8) is 0 Å². The second kappa shape index (κ2) is 6.09. The van der Waals surface area contributed by atoms with Crippen LogP contribution in [0.1, 0.15) is 30.6 Å². The van der Waals surface area contributed by atoms with E-state index in [9.17, 15) is 4.79 Å². The van der Waals surface area contributed by atoms with Gasteiger partial charge in [-0.25, -0.2) is 0 Å². The molecule has 1 aromatic heterocycles. The minimum absolute atomic E-state index is 0.0393. The molecule has 108 valence electrons. The number of H-pyrrole nitrogens is 1. The molecule has 1 heterocycles. The third-order valence-electron chi connectivity index (χ3n) is 3.80. The van der Waals surface area contributed by atoms with Crippen LogP contribution in [-0.4, -0.2) is 35.4 Å². The zero-order valence-electron chi connectivity index (χ0n) is 12.4. The molecule has 2 aromatic rings. The van der Waals surface area contributed by atoms with Crippen LogP contribution in [0.3, 0.4) is 0 Å². The molecule has 4 nitrogen and oxygen atoms in total. The molecule has 0 aliphatic heterocycles. The predicted octanol–water partition coefficient (Wildman–Crippen LogP) is 2.61. The van der Waals surface area contributed by atoms with Crippen LogP contribution in [0, 0.1) is 5.92 Å². The highest BCUT2D eigenvalue weighted by Gasteiger charge is 2.14. The second-order valence-corrected chi connectivity index (χ2v) is 5.70. The fraction of sp³-hybridized carbons (Fsp3) is 0.438. The van der Waals surface area contributed by atoms with Crippen molar-refractivity contribution in [2.24, 2.45) is 11.7 Å². The standard InChI is InChI=1S/C16H23N3O/c1-11(2)14(17)7-9-19(3)16(20)13-5-4-12-6-8-18-15(12)10-13/h4-6,8,10-11,14,18H,7,9,17H2,1-3H3. The number of amides is 1. The van der Waals surface area contributed by atoms with Crippen molar-refractivity contribution in [3.05, 3.63) is 36.0 Å². The van der Waals surface area contributed by atoms with Gasteiger partial charge < -0.3 is 15.6 Å². The zero-order valence-corrected chi connectivity index (χ0v) is 12.4. The maximum atomic E-state index is 12.4. The number of fused-ring (bicyclic) bond motifs is 1. The van der Waals surface area contributed by atoms with Gasteiger partial charge in [-0.1, -0.05) is 19.9 Å². The Morgan fingerprint density at radius 3 is 2.80 bits per heavy atom. The van der Waals surface area contributed by atoms with Crippen molar-refractivity contribution in [2.45, 2.75) is 26.3 Å². The molecule has 1 amide bonds.